The molecule has 5 heteroatoms. The maximum atomic E-state index is 12.4. The fourth-order valence-corrected chi connectivity index (χ4v) is 3.99. The molecule has 0 spiro atoms. The van der Waals surface area contributed by atoms with Crippen LogP contribution in [0.1, 0.15) is 53.9 Å². The lowest BCUT2D eigenvalue weighted by atomic mass is 9.74. The van der Waals surface area contributed by atoms with E-state index in [0.717, 1.165) is 24.2 Å². The van der Waals surface area contributed by atoms with E-state index in [1.54, 1.807) is 24.3 Å². The molecule has 0 atom stereocenters. The van der Waals surface area contributed by atoms with E-state index in [9.17, 15) is 9.59 Å². The van der Waals surface area contributed by atoms with Gasteiger partial charge in [0.15, 0.2) is 0 Å². The van der Waals surface area contributed by atoms with E-state index in [4.69, 9.17) is 0 Å². The van der Waals surface area contributed by atoms with Gasteiger partial charge in [0.1, 0.15) is 0 Å². The van der Waals surface area contributed by atoms with E-state index in [1.165, 1.54) is 6.92 Å². The molecule has 0 saturated carbocycles. The van der Waals surface area contributed by atoms with Gasteiger partial charge in [-0.2, -0.15) is 0 Å². The number of rotatable bonds is 4. The smallest absolute Gasteiger partial charge is 0.224 e. The largest absolute Gasteiger partial charge is 0.326 e. The summed E-state index contributed by atoms with van der Waals surface area (Å²) in [4.78, 5) is 23.4. The van der Waals surface area contributed by atoms with Gasteiger partial charge >= 0.3 is 0 Å². The molecule has 1 aromatic rings. The van der Waals surface area contributed by atoms with Crippen LogP contribution in [-0.2, 0) is 9.59 Å². The van der Waals surface area contributed by atoms with Crippen molar-refractivity contribution >= 4 is 23.2 Å². The number of carbonyl (C=O) groups excluding carboxylic acids is 2. The van der Waals surface area contributed by atoms with E-state index >= 15 is 0 Å². The number of piperidine rings is 1. The molecule has 0 radical (unpaired) electrons. The second kappa shape index (κ2) is 6.93. The topological polar surface area (TPSA) is 70.2 Å². The quantitative estimate of drug-likeness (QED) is 0.790. The van der Waals surface area contributed by atoms with E-state index in [-0.39, 0.29) is 22.9 Å². The molecule has 3 N–H and O–H groups in total. The summed E-state index contributed by atoms with van der Waals surface area (Å²) in [7, 11) is 0. The van der Waals surface area contributed by atoms with Crippen molar-refractivity contribution in [2.75, 3.05) is 10.6 Å². The van der Waals surface area contributed by atoms with Crippen LogP contribution in [0.4, 0.5) is 11.4 Å². The van der Waals surface area contributed by atoms with Crippen LogP contribution < -0.4 is 16.0 Å². The average Bonchev–Trinajstić information content (AvgIpc) is 2.36. The summed E-state index contributed by atoms with van der Waals surface area (Å²) in [5, 5.41) is 9.30. The summed E-state index contributed by atoms with van der Waals surface area (Å²) in [5.41, 5.74) is 1.57. The Balaban J connectivity index is 1.92. The van der Waals surface area contributed by atoms with Crippen LogP contribution in [-0.4, -0.2) is 22.9 Å². The molecule has 0 bridgehead atoms. The zero-order valence-corrected chi connectivity index (χ0v) is 15.3. The van der Waals surface area contributed by atoms with Gasteiger partial charge in [0.25, 0.3) is 0 Å². The minimum absolute atomic E-state index is 0.0424. The lowest BCUT2D eigenvalue weighted by Gasteiger charge is -2.46. The van der Waals surface area contributed by atoms with Crippen LogP contribution in [0.2, 0.25) is 0 Å². The van der Waals surface area contributed by atoms with Gasteiger partial charge in [0.2, 0.25) is 11.8 Å². The molecule has 1 aliphatic rings. The van der Waals surface area contributed by atoms with Crippen molar-refractivity contribution in [3.8, 4) is 0 Å². The first kappa shape index (κ1) is 18.5. The standard InChI is InChI=1S/C19H29N3O2/c1-13(23)20-15-6-8-16(9-7-15)21-17(24)10-14-11-18(2,3)22-19(4,5)12-14/h6-9,14,22H,10-12H2,1-5H3,(H,20,23)(H,21,24). The second-order valence-corrected chi connectivity index (χ2v) is 8.18. The molecule has 5 nitrogen and oxygen atoms in total. The number of benzene rings is 1. The van der Waals surface area contributed by atoms with Gasteiger partial charge in [0.05, 0.1) is 0 Å². The average molecular weight is 331 g/mol. The second-order valence-electron chi connectivity index (χ2n) is 8.18. The van der Waals surface area contributed by atoms with Crippen LogP contribution in [0.3, 0.4) is 0 Å². The van der Waals surface area contributed by atoms with E-state index in [2.05, 4.69) is 43.6 Å². The van der Waals surface area contributed by atoms with Gasteiger partial charge in [-0.25, -0.2) is 0 Å². The molecule has 1 heterocycles. The first-order valence-corrected chi connectivity index (χ1v) is 8.52. The highest BCUT2D eigenvalue weighted by atomic mass is 16.2. The minimum atomic E-state index is -0.108. The predicted molar refractivity (Wildman–Crippen MR) is 98.0 cm³/mol. The predicted octanol–water partition coefficient (Wildman–Crippen LogP) is 3.53. The maximum Gasteiger partial charge on any atom is 0.224 e. The monoisotopic (exact) mass is 331 g/mol. The molecule has 132 valence electrons. The number of hydrogen-bond donors (Lipinski definition) is 3. The molecular weight excluding hydrogens is 302 g/mol. The molecule has 1 aromatic carbocycles. The number of anilines is 2. The van der Waals surface area contributed by atoms with Gasteiger partial charge in [-0.1, -0.05) is 0 Å². The van der Waals surface area contributed by atoms with Crippen LogP contribution in [0, 0.1) is 5.92 Å². The molecule has 2 amide bonds. The van der Waals surface area contributed by atoms with Gasteiger partial charge in [-0.15, -0.1) is 0 Å². The zero-order valence-electron chi connectivity index (χ0n) is 15.3. The highest BCUT2D eigenvalue weighted by Crippen LogP contribution is 2.34. The van der Waals surface area contributed by atoms with Crippen molar-refractivity contribution in [3.05, 3.63) is 24.3 Å². The van der Waals surface area contributed by atoms with Crippen molar-refractivity contribution in [1.82, 2.24) is 5.32 Å². The maximum absolute atomic E-state index is 12.4. The van der Waals surface area contributed by atoms with Crippen molar-refractivity contribution < 1.29 is 9.59 Å². The van der Waals surface area contributed by atoms with Crippen LogP contribution >= 0.6 is 0 Å². The van der Waals surface area contributed by atoms with Gasteiger partial charge in [-0.05, 0) is 70.7 Å². The lowest BCUT2D eigenvalue weighted by Crippen LogP contribution is -2.58. The zero-order chi connectivity index (χ0) is 18.0. The number of nitrogens with one attached hydrogen (secondary N) is 3. The summed E-state index contributed by atoms with van der Waals surface area (Å²) in [6.07, 6.45) is 2.51. The highest BCUT2D eigenvalue weighted by molar-refractivity contribution is 5.92. The van der Waals surface area contributed by atoms with Gasteiger partial charge < -0.3 is 16.0 Å². The Bertz CT molecular complexity index is 590. The third kappa shape index (κ3) is 5.64. The summed E-state index contributed by atoms with van der Waals surface area (Å²) >= 11 is 0. The fraction of sp³-hybridized carbons (Fsp3) is 0.579. The Hall–Kier alpha value is -1.88. The number of amides is 2. The molecular formula is C19H29N3O2. The summed E-state index contributed by atoms with van der Waals surface area (Å²) in [5.74, 6) is 0.304. The van der Waals surface area contributed by atoms with Gasteiger partial charge in [0, 0.05) is 35.8 Å². The van der Waals surface area contributed by atoms with Crippen LogP contribution in [0.5, 0.6) is 0 Å². The summed E-state index contributed by atoms with van der Waals surface area (Å²) < 4.78 is 0. The Morgan fingerprint density at radius 1 is 1.00 bits per heavy atom. The third-order valence-corrected chi connectivity index (χ3v) is 4.24. The number of hydrogen-bond acceptors (Lipinski definition) is 3. The van der Waals surface area contributed by atoms with Crippen molar-refractivity contribution in [2.24, 2.45) is 5.92 Å². The fourth-order valence-electron chi connectivity index (χ4n) is 3.99. The van der Waals surface area contributed by atoms with Crippen LogP contribution in [0.15, 0.2) is 24.3 Å². The van der Waals surface area contributed by atoms with Crippen molar-refractivity contribution in [3.63, 3.8) is 0 Å². The molecule has 0 aromatic heterocycles. The summed E-state index contributed by atoms with van der Waals surface area (Å²) in [6.45, 7) is 10.2. The molecule has 2 rings (SSSR count). The highest BCUT2D eigenvalue weighted by Gasteiger charge is 2.38. The molecule has 1 saturated heterocycles. The Morgan fingerprint density at radius 3 is 1.92 bits per heavy atom. The Morgan fingerprint density at radius 2 is 1.46 bits per heavy atom. The van der Waals surface area contributed by atoms with Crippen LogP contribution in [0.25, 0.3) is 0 Å². The summed E-state index contributed by atoms with van der Waals surface area (Å²) in [6, 6.07) is 7.18. The number of carbonyl (C=O) groups is 2. The molecule has 0 aliphatic carbocycles. The van der Waals surface area contributed by atoms with E-state index in [0.29, 0.717) is 12.3 Å². The van der Waals surface area contributed by atoms with E-state index < -0.39 is 0 Å². The lowest BCUT2D eigenvalue weighted by molar-refractivity contribution is -0.117. The van der Waals surface area contributed by atoms with Crippen molar-refractivity contribution in [1.29, 1.82) is 0 Å². The Kier molecular flexibility index (Phi) is 5.33. The van der Waals surface area contributed by atoms with Crippen molar-refractivity contribution in [2.45, 2.75) is 65.0 Å². The van der Waals surface area contributed by atoms with E-state index in [1.807, 2.05) is 0 Å². The molecule has 1 fully saturated rings. The Labute approximate surface area is 144 Å². The minimum Gasteiger partial charge on any atom is -0.326 e. The third-order valence-electron chi connectivity index (χ3n) is 4.24. The molecule has 1 aliphatic heterocycles. The first-order valence-electron chi connectivity index (χ1n) is 8.52. The molecule has 0 unspecified atom stereocenters. The SMILES string of the molecule is CC(=O)Nc1ccc(NC(=O)CC2CC(C)(C)NC(C)(C)C2)cc1. The normalized spacial score (nSPS) is 19.5. The molecule has 24 heavy (non-hydrogen) atoms. The van der Waals surface area contributed by atoms with Gasteiger partial charge in [-0.3, -0.25) is 9.59 Å². The first-order chi connectivity index (χ1) is 11.0.